The fraction of sp³-hybridized carbons (Fsp3) is 0.655. The molecule has 1 aromatic rings. The molecule has 8 nitrogen and oxygen atoms in total. The Kier molecular flexibility index (Phi) is 11.4. The van der Waals surface area contributed by atoms with Crippen LogP contribution in [-0.4, -0.2) is 61.9 Å². The molecule has 38 heavy (non-hydrogen) atoms. The first-order valence-corrected chi connectivity index (χ1v) is 15.7. The number of aryl methyl sites for hydroxylation is 2. The van der Waals surface area contributed by atoms with Gasteiger partial charge in [-0.15, -0.1) is 0 Å². The lowest BCUT2D eigenvalue weighted by Crippen LogP contribution is -2.50. The van der Waals surface area contributed by atoms with E-state index in [9.17, 15) is 13.2 Å². The first-order valence-electron chi connectivity index (χ1n) is 14.2. The van der Waals surface area contributed by atoms with Crippen molar-refractivity contribution in [2.45, 2.75) is 96.4 Å². The fourth-order valence-corrected chi connectivity index (χ4v) is 6.59. The molecule has 0 saturated carbocycles. The van der Waals surface area contributed by atoms with Gasteiger partial charge in [-0.05, 0) is 74.4 Å². The van der Waals surface area contributed by atoms with Crippen LogP contribution in [0.25, 0.3) is 6.08 Å². The topological polar surface area (TPSA) is 111 Å². The van der Waals surface area contributed by atoms with E-state index in [1.54, 1.807) is 6.08 Å². The van der Waals surface area contributed by atoms with Gasteiger partial charge in [-0.2, -0.15) is 4.31 Å². The second kappa shape index (κ2) is 14.2. The zero-order chi connectivity index (χ0) is 27.6. The third kappa shape index (κ3) is 8.13. The third-order valence-corrected chi connectivity index (χ3v) is 9.36. The van der Waals surface area contributed by atoms with E-state index in [1.807, 2.05) is 33.0 Å². The zero-order valence-electron chi connectivity index (χ0n) is 23.4. The number of unbranched alkanes of at least 4 members (excludes halogenated alkanes) is 8. The van der Waals surface area contributed by atoms with E-state index in [-0.39, 0.29) is 19.0 Å². The van der Waals surface area contributed by atoms with Crippen molar-refractivity contribution < 1.29 is 18.3 Å². The van der Waals surface area contributed by atoms with Crippen molar-refractivity contribution >= 4 is 33.5 Å². The molecular formula is C29H46N4O4S. The number of carbonyl (C=O) groups is 1. The highest BCUT2D eigenvalue weighted by Crippen LogP contribution is 2.32. The SMILES string of the molecule is CNc1cc(C)c(C=CS(=O)(=O)N2CCC3(CC2)N=C(CCCCCCCCCCCO)NC3=O)c(C)c1. The summed E-state index contributed by atoms with van der Waals surface area (Å²) >= 11 is 0. The average Bonchev–Trinajstić information content (AvgIpc) is 3.18. The second-order valence-electron chi connectivity index (χ2n) is 10.7. The summed E-state index contributed by atoms with van der Waals surface area (Å²) in [5.74, 6) is 0.671. The Morgan fingerprint density at radius 1 is 1.00 bits per heavy atom. The second-order valence-corrected chi connectivity index (χ2v) is 12.5. The number of carbonyl (C=O) groups excluding carboxylic acids is 1. The van der Waals surface area contributed by atoms with Crippen LogP contribution in [0.1, 0.15) is 93.7 Å². The van der Waals surface area contributed by atoms with Crippen LogP contribution in [0.2, 0.25) is 0 Å². The molecular weight excluding hydrogens is 500 g/mol. The molecule has 3 N–H and O–H groups in total. The Hall–Kier alpha value is -2.23. The molecule has 0 atom stereocenters. The first-order chi connectivity index (χ1) is 18.2. The van der Waals surface area contributed by atoms with Crippen molar-refractivity contribution in [1.29, 1.82) is 0 Å². The molecule has 9 heteroatoms. The van der Waals surface area contributed by atoms with E-state index in [0.717, 1.165) is 60.3 Å². The lowest BCUT2D eigenvalue weighted by Gasteiger charge is -2.34. The van der Waals surface area contributed by atoms with Crippen LogP contribution in [-0.2, 0) is 14.8 Å². The largest absolute Gasteiger partial charge is 0.396 e. The maximum atomic E-state index is 13.0. The van der Waals surface area contributed by atoms with Crippen molar-refractivity contribution in [3.63, 3.8) is 0 Å². The van der Waals surface area contributed by atoms with Crippen molar-refractivity contribution in [2.75, 3.05) is 32.1 Å². The van der Waals surface area contributed by atoms with Crippen molar-refractivity contribution in [3.8, 4) is 0 Å². The van der Waals surface area contributed by atoms with E-state index < -0.39 is 15.6 Å². The average molecular weight is 547 g/mol. The normalized spacial score (nSPS) is 17.8. The summed E-state index contributed by atoms with van der Waals surface area (Å²) in [4.78, 5) is 17.6. The number of nitrogens with zero attached hydrogens (tertiary/aromatic N) is 2. The number of hydrogen-bond donors (Lipinski definition) is 3. The van der Waals surface area contributed by atoms with Crippen LogP contribution < -0.4 is 10.6 Å². The van der Waals surface area contributed by atoms with Gasteiger partial charge in [0.25, 0.3) is 5.91 Å². The number of hydrogen-bond acceptors (Lipinski definition) is 6. The summed E-state index contributed by atoms with van der Waals surface area (Å²) in [5, 5.41) is 16.2. The number of rotatable bonds is 15. The quantitative estimate of drug-likeness (QED) is 0.271. The third-order valence-electron chi connectivity index (χ3n) is 7.80. The lowest BCUT2D eigenvalue weighted by atomic mass is 9.89. The van der Waals surface area contributed by atoms with Crippen LogP contribution in [0.15, 0.2) is 22.5 Å². The van der Waals surface area contributed by atoms with Gasteiger partial charge in [0, 0.05) is 44.3 Å². The highest BCUT2D eigenvalue weighted by molar-refractivity contribution is 7.92. The van der Waals surface area contributed by atoms with Crippen LogP contribution >= 0.6 is 0 Å². The molecule has 212 valence electrons. The summed E-state index contributed by atoms with van der Waals surface area (Å²) in [5.41, 5.74) is 3.10. The van der Waals surface area contributed by atoms with Gasteiger partial charge in [0.1, 0.15) is 11.4 Å². The molecule has 1 aromatic carbocycles. The van der Waals surface area contributed by atoms with E-state index in [2.05, 4.69) is 10.6 Å². The molecule has 2 heterocycles. The summed E-state index contributed by atoms with van der Waals surface area (Å²) in [6.07, 6.45) is 13.5. The maximum Gasteiger partial charge on any atom is 0.253 e. The number of piperidine rings is 1. The summed E-state index contributed by atoms with van der Waals surface area (Å²) in [7, 11) is -1.73. The highest BCUT2D eigenvalue weighted by atomic mass is 32.2. The van der Waals surface area contributed by atoms with Crippen molar-refractivity contribution in [1.82, 2.24) is 9.62 Å². The van der Waals surface area contributed by atoms with Gasteiger partial charge in [-0.3, -0.25) is 9.79 Å². The first kappa shape index (κ1) is 30.3. The van der Waals surface area contributed by atoms with Gasteiger partial charge in [-0.1, -0.05) is 44.9 Å². The number of amides is 1. The van der Waals surface area contributed by atoms with Gasteiger partial charge >= 0.3 is 0 Å². The number of anilines is 1. The molecule has 2 aliphatic heterocycles. The lowest BCUT2D eigenvalue weighted by molar-refractivity contribution is -0.124. The Morgan fingerprint density at radius 3 is 2.11 bits per heavy atom. The zero-order valence-corrected chi connectivity index (χ0v) is 24.2. The predicted molar refractivity (Wildman–Crippen MR) is 156 cm³/mol. The predicted octanol–water partition coefficient (Wildman–Crippen LogP) is 4.90. The number of amidine groups is 1. The van der Waals surface area contributed by atoms with E-state index in [1.165, 1.54) is 41.8 Å². The standard InChI is InChI=1S/C29H46N4O4S/c1-23-21-25(30-3)22-24(2)26(23)14-20-38(36,37)33-17-15-29(16-18-33)28(35)31-27(32-29)13-11-9-7-5-4-6-8-10-12-19-34/h14,20-22,30,34H,4-13,15-19H2,1-3H3,(H,31,32,35). The van der Waals surface area contributed by atoms with Crippen LogP contribution in [0.4, 0.5) is 5.69 Å². The van der Waals surface area contributed by atoms with Crippen LogP contribution in [0.5, 0.6) is 0 Å². The van der Waals surface area contributed by atoms with E-state index in [4.69, 9.17) is 10.1 Å². The van der Waals surface area contributed by atoms with E-state index in [0.29, 0.717) is 19.4 Å². The number of aliphatic hydroxyl groups excluding tert-OH is 1. The Bertz CT molecular complexity index is 1080. The molecule has 0 bridgehead atoms. The number of benzene rings is 1. The fourth-order valence-electron chi connectivity index (χ4n) is 5.42. The molecule has 3 rings (SSSR count). The minimum Gasteiger partial charge on any atom is -0.396 e. The van der Waals surface area contributed by atoms with Crippen molar-refractivity contribution in [2.24, 2.45) is 4.99 Å². The number of aliphatic imine (C=N–C) groups is 1. The smallest absolute Gasteiger partial charge is 0.253 e. The maximum absolute atomic E-state index is 13.0. The molecule has 2 aliphatic rings. The minimum atomic E-state index is -3.59. The molecule has 0 aliphatic carbocycles. The van der Waals surface area contributed by atoms with Gasteiger partial charge in [0.05, 0.1) is 0 Å². The number of aliphatic hydroxyl groups is 1. The molecule has 0 radical (unpaired) electrons. The molecule has 1 fully saturated rings. The molecule has 0 aromatic heterocycles. The number of sulfonamides is 1. The van der Waals surface area contributed by atoms with E-state index >= 15 is 0 Å². The summed E-state index contributed by atoms with van der Waals surface area (Å²) in [6, 6.07) is 4.00. The molecule has 0 unspecified atom stereocenters. The summed E-state index contributed by atoms with van der Waals surface area (Å²) < 4.78 is 27.6. The van der Waals surface area contributed by atoms with Crippen molar-refractivity contribution in [3.05, 3.63) is 34.2 Å². The number of nitrogens with one attached hydrogen (secondary N) is 2. The Balaban J connectivity index is 1.46. The van der Waals surface area contributed by atoms with Gasteiger partial charge < -0.3 is 15.7 Å². The Morgan fingerprint density at radius 2 is 1.55 bits per heavy atom. The van der Waals surface area contributed by atoms with Crippen LogP contribution in [0, 0.1) is 13.8 Å². The Labute approximate surface area is 229 Å². The van der Waals surface area contributed by atoms with Gasteiger partial charge in [0.15, 0.2) is 0 Å². The molecule has 1 amide bonds. The molecule has 1 saturated heterocycles. The highest BCUT2D eigenvalue weighted by Gasteiger charge is 2.46. The summed E-state index contributed by atoms with van der Waals surface area (Å²) in [6.45, 7) is 4.81. The van der Waals surface area contributed by atoms with Gasteiger partial charge in [0.2, 0.25) is 10.0 Å². The minimum absolute atomic E-state index is 0.0844. The van der Waals surface area contributed by atoms with Gasteiger partial charge in [-0.25, -0.2) is 8.42 Å². The monoisotopic (exact) mass is 546 g/mol. The molecule has 1 spiro atoms. The van der Waals surface area contributed by atoms with Crippen LogP contribution in [0.3, 0.4) is 0 Å².